The Balaban J connectivity index is 3.02. The summed E-state index contributed by atoms with van der Waals surface area (Å²) in [7, 11) is 0. The van der Waals surface area contributed by atoms with E-state index in [9.17, 15) is 17.6 Å². The van der Waals surface area contributed by atoms with Crippen molar-refractivity contribution in [2.45, 2.75) is 6.36 Å². The van der Waals surface area contributed by atoms with Crippen molar-refractivity contribution in [3.05, 3.63) is 20.1 Å². The number of hydrogen-bond donors (Lipinski definition) is 0. The molecular weight excluding hydrogens is 385 g/mol. The van der Waals surface area contributed by atoms with Crippen LogP contribution in [0.2, 0.25) is 0 Å². The van der Waals surface area contributed by atoms with Crippen molar-refractivity contribution in [1.29, 1.82) is 0 Å². The van der Waals surface area contributed by atoms with E-state index >= 15 is 0 Å². The van der Waals surface area contributed by atoms with Crippen LogP contribution in [0, 0.1) is 9.52 Å². The lowest BCUT2D eigenvalue weighted by molar-refractivity contribution is -0.276. The van der Waals surface area contributed by atoms with Gasteiger partial charge in [0.05, 0.1) is 4.47 Å². The van der Waals surface area contributed by atoms with E-state index in [1.807, 2.05) is 0 Å². The maximum atomic E-state index is 12.9. The number of nitrogens with zero attached hydrogens (tertiary/aromatic N) is 1. The molecule has 1 rings (SSSR count). The van der Waals surface area contributed by atoms with Crippen molar-refractivity contribution in [3.63, 3.8) is 0 Å². The van der Waals surface area contributed by atoms with Crippen LogP contribution in [0.5, 0.6) is 5.88 Å². The van der Waals surface area contributed by atoms with Crippen molar-refractivity contribution < 1.29 is 22.3 Å². The van der Waals surface area contributed by atoms with Crippen molar-refractivity contribution >= 4 is 38.5 Å². The molecule has 0 amide bonds. The first-order chi connectivity index (χ1) is 6.29. The molecule has 0 aromatic carbocycles. The average molecular weight is 386 g/mol. The third-order valence-corrected chi connectivity index (χ3v) is 3.35. The van der Waals surface area contributed by atoms with Gasteiger partial charge in [-0.2, -0.15) is 0 Å². The van der Waals surface area contributed by atoms with Gasteiger partial charge in [-0.1, -0.05) is 0 Å². The fraction of sp³-hybridized carbons (Fsp3) is 0.167. The third-order valence-electron chi connectivity index (χ3n) is 1.07. The lowest BCUT2D eigenvalue weighted by Crippen LogP contribution is -2.18. The first kappa shape index (κ1) is 12.0. The van der Waals surface area contributed by atoms with E-state index in [-0.39, 0.29) is 8.17 Å². The molecule has 1 aromatic rings. The van der Waals surface area contributed by atoms with Gasteiger partial charge in [0.1, 0.15) is 9.52 Å². The van der Waals surface area contributed by atoms with Crippen molar-refractivity contribution in [1.82, 2.24) is 4.98 Å². The number of halogens is 6. The Hall–Kier alpha value is -0.120. The van der Waals surface area contributed by atoms with Crippen LogP contribution in [0.3, 0.4) is 0 Å². The normalized spacial score (nSPS) is 11.6. The topological polar surface area (TPSA) is 22.1 Å². The molecule has 0 fully saturated rings. The summed E-state index contributed by atoms with van der Waals surface area (Å²) in [6.07, 6.45) is -4.86. The highest BCUT2D eigenvalue weighted by Gasteiger charge is 2.32. The largest absolute Gasteiger partial charge is 0.574 e. The molecule has 1 heterocycles. The van der Waals surface area contributed by atoms with Gasteiger partial charge in [0, 0.05) is 6.07 Å². The molecule has 0 saturated carbocycles. The van der Waals surface area contributed by atoms with Gasteiger partial charge in [-0.25, -0.2) is 9.37 Å². The van der Waals surface area contributed by atoms with Crippen LogP contribution in [-0.2, 0) is 0 Å². The van der Waals surface area contributed by atoms with Gasteiger partial charge in [-0.05, 0) is 38.5 Å². The van der Waals surface area contributed by atoms with Gasteiger partial charge < -0.3 is 4.74 Å². The van der Waals surface area contributed by atoms with Crippen LogP contribution in [0.1, 0.15) is 0 Å². The molecule has 0 aliphatic heterocycles. The van der Waals surface area contributed by atoms with E-state index < -0.39 is 18.1 Å². The lowest BCUT2D eigenvalue weighted by atomic mass is 10.5. The van der Waals surface area contributed by atoms with Crippen LogP contribution < -0.4 is 4.74 Å². The second kappa shape index (κ2) is 4.17. The Morgan fingerprint density at radius 1 is 1.43 bits per heavy atom. The van der Waals surface area contributed by atoms with Crippen LogP contribution >= 0.6 is 38.5 Å². The molecule has 8 heteroatoms. The smallest absolute Gasteiger partial charge is 0.388 e. The second-order valence-electron chi connectivity index (χ2n) is 2.09. The third kappa shape index (κ3) is 3.23. The number of pyridine rings is 1. The Labute approximate surface area is 97.9 Å². The predicted molar refractivity (Wildman–Crippen MR) is 51.3 cm³/mol. The number of alkyl halides is 3. The van der Waals surface area contributed by atoms with Crippen LogP contribution in [-0.4, -0.2) is 11.3 Å². The van der Waals surface area contributed by atoms with E-state index in [0.717, 1.165) is 0 Å². The minimum absolute atomic E-state index is 0.00706. The predicted octanol–water partition coefficient (Wildman–Crippen LogP) is 3.49. The Kier molecular flexibility index (Phi) is 3.56. The van der Waals surface area contributed by atoms with Crippen molar-refractivity contribution in [2.24, 2.45) is 0 Å². The van der Waals surface area contributed by atoms with Crippen molar-refractivity contribution in [2.75, 3.05) is 0 Å². The molecule has 0 spiro atoms. The van der Waals surface area contributed by atoms with Gasteiger partial charge in [0.25, 0.3) is 0 Å². The summed E-state index contributed by atoms with van der Waals surface area (Å²) in [4.78, 5) is 3.38. The zero-order chi connectivity index (χ0) is 10.9. The highest BCUT2D eigenvalue weighted by Crippen LogP contribution is 2.27. The number of rotatable bonds is 1. The fourth-order valence-electron chi connectivity index (χ4n) is 0.619. The molecule has 0 bridgehead atoms. The molecule has 0 radical (unpaired) electrons. The minimum Gasteiger partial charge on any atom is -0.388 e. The summed E-state index contributed by atoms with van der Waals surface area (Å²) in [5.41, 5.74) is 0. The zero-order valence-electron chi connectivity index (χ0n) is 6.20. The van der Waals surface area contributed by atoms with Gasteiger partial charge in [0.15, 0.2) is 0 Å². The standard InChI is InChI=1S/C6HBrF4INO/c7-4-2(8)1-3(13-5(4)12)14-6(9,10)11/h1H. The zero-order valence-corrected chi connectivity index (χ0v) is 9.94. The Morgan fingerprint density at radius 3 is 2.43 bits per heavy atom. The maximum absolute atomic E-state index is 12.9. The summed E-state index contributed by atoms with van der Waals surface area (Å²) in [6, 6.07) is 0.555. The SMILES string of the molecule is Fc1cc(OC(F)(F)F)nc(I)c1Br. The van der Waals surface area contributed by atoms with Crippen LogP contribution in [0.15, 0.2) is 10.5 Å². The molecular formula is C6HBrF4INO. The molecule has 0 aliphatic carbocycles. The first-order valence-electron chi connectivity index (χ1n) is 3.07. The molecule has 0 unspecified atom stereocenters. The number of hydrogen-bond acceptors (Lipinski definition) is 2. The summed E-state index contributed by atoms with van der Waals surface area (Å²) in [5, 5.41) is 0. The van der Waals surface area contributed by atoms with E-state index in [4.69, 9.17) is 0 Å². The quantitative estimate of drug-likeness (QED) is 0.419. The molecule has 78 valence electrons. The highest BCUT2D eigenvalue weighted by atomic mass is 127. The van der Waals surface area contributed by atoms with Gasteiger partial charge >= 0.3 is 6.36 Å². The summed E-state index contributed by atoms with van der Waals surface area (Å²) in [5.74, 6) is -1.67. The maximum Gasteiger partial charge on any atom is 0.574 e. The van der Waals surface area contributed by atoms with Crippen molar-refractivity contribution in [3.8, 4) is 5.88 Å². The monoisotopic (exact) mass is 385 g/mol. The minimum atomic E-state index is -4.86. The molecule has 0 atom stereocenters. The van der Waals surface area contributed by atoms with E-state index in [1.54, 1.807) is 22.6 Å². The molecule has 1 aromatic heterocycles. The fourth-order valence-corrected chi connectivity index (χ4v) is 1.32. The summed E-state index contributed by atoms with van der Waals surface area (Å²) >= 11 is 4.39. The number of aromatic nitrogens is 1. The average Bonchev–Trinajstić information content (AvgIpc) is 1.96. The van der Waals surface area contributed by atoms with E-state index in [1.165, 1.54) is 0 Å². The Bertz CT molecular complexity index is 333. The molecule has 0 aliphatic rings. The highest BCUT2D eigenvalue weighted by molar-refractivity contribution is 14.1. The first-order valence-corrected chi connectivity index (χ1v) is 4.94. The summed E-state index contributed by atoms with van der Waals surface area (Å²) < 4.78 is 51.5. The summed E-state index contributed by atoms with van der Waals surface area (Å²) in [6.45, 7) is 0. The van der Waals surface area contributed by atoms with Gasteiger partial charge in [0.2, 0.25) is 5.88 Å². The Morgan fingerprint density at radius 2 is 2.00 bits per heavy atom. The molecule has 2 nitrogen and oxygen atoms in total. The van der Waals surface area contributed by atoms with Gasteiger partial charge in [-0.3, -0.25) is 0 Å². The van der Waals surface area contributed by atoms with Gasteiger partial charge in [-0.15, -0.1) is 13.2 Å². The lowest BCUT2D eigenvalue weighted by Gasteiger charge is -2.08. The van der Waals surface area contributed by atoms with E-state index in [2.05, 4.69) is 25.7 Å². The second-order valence-corrected chi connectivity index (χ2v) is 3.91. The van der Waals surface area contributed by atoms with Crippen LogP contribution in [0.25, 0.3) is 0 Å². The molecule has 0 N–H and O–H groups in total. The number of ether oxygens (including phenoxy) is 1. The molecule has 0 saturated heterocycles. The molecule has 14 heavy (non-hydrogen) atoms. The van der Waals surface area contributed by atoms with E-state index in [0.29, 0.717) is 6.07 Å². The van der Waals surface area contributed by atoms with Crippen LogP contribution in [0.4, 0.5) is 17.6 Å².